The molecule has 0 amide bonds. The lowest BCUT2D eigenvalue weighted by molar-refractivity contribution is -0.134. The number of nitrogens with zero attached hydrogens (tertiary/aromatic N) is 1. The predicted molar refractivity (Wildman–Crippen MR) is 76.0 cm³/mol. The number of para-hydroxylation sites is 1. The van der Waals surface area contributed by atoms with Gasteiger partial charge in [0.05, 0.1) is 7.11 Å². The smallest absolute Gasteiger partial charge is 0.330 e. The first-order valence-corrected chi connectivity index (χ1v) is 6.89. The predicted octanol–water partition coefficient (Wildman–Crippen LogP) is 2.86. The van der Waals surface area contributed by atoms with Crippen molar-refractivity contribution in [1.29, 1.82) is 0 Å². The summed E-state index contributed by atoms with van der Waals surface area (Å²) in [4.78, 5) is 13.7. The van der Waals surface area contributed by atoms with Crippen LogP contribution in [0, 0.1) is 5.92 Å². The summed E-state index contributed by atoms with van der Waals surface area (Å²) in [6.45, 7) is 1.16. The zero-order chi connectivity index (χ0) is 13.2. The van der Waals surface area contributed by atoms with Crippen LogP contribution in [0.4, 0.5) is 5.69 Å². The second kappa shape index (κ2) is 5.08. The zero-order valence-electron chi connectivity index (χ0n) is 11.2. The molecule has 1 aromatic rings. The average molecular weight is 257 g/mol. The normalized spacial score (nSPS) is 25.2. The number of anilines is 1. The van der Waals surface area contributed by atoms with Crippen molar-refractivity contribution >= 4 is 17.7 Å². The molecule has 1 saturated heterocycles. The Bertz CT molecular complexity index is 509. The number of ether oxygens (including phenoxy) is 1. The quantitative estimate of drug-likeness (QED) is 0.616. The minimum absolute atomic E-state index is 0.308. The first-order chi connectivity index (χ1) is 9.28. The molecule has 1 saturated carbocycles. The number of rotatable bonds is 3. The maximum absolute atomic E-state index is 11.2. The van der Waals surface area contributed by atoms with Crippen LogP contribution < -0.4 is 4.90 Å². The highest BCUT2D eigenvalue weighted by molar-refractivity contribution is 5.88. The van der Waals surface area contributed by atoms with Crippen molar-refractivity contribution in [2.24, 2.45) is 5.92 Å². The number of fused-ring (bicyclic) bond motifs is 2. The van der Waals surface area contributed by atoms with Crippen LogP contribution in [0.2, 0.25) is 0 Å². The maximum atomic E-state index is 11.2. The summed E-state index contributed by atoms with van der Waals surface area (Å²) in [5.74, 6) is 0.556. The van der Waals surface area contributed by atoms with E-state index in [4.69, 9.17) is 0 Å². The van der Waals surface area contributed by atoms with Gasteiger partial charge in [-0.15, -0.1) is 0 Å². The van der Waals surface area contributed by atoms with E-state index in [0.29, 0.717) is 6.04 Å². The molecule has 2 bridgehead atoms. The number of piperidine rings is 1. The Labute approximate surface area is 113 Å². The maximum Gasteiger partial charge on any atom is 0.330 e. The molecule has 2 unspecified atom stereocenters. The highest BCUT2D eigenvalue weighted by Gasteiger charge is 2.38. The number of hydrogen-bond donors (Lipinski definition) is 0. The standard InChI is InChI=1S/C16H19NO2/c1-19-16(18)9-7-13-4-2-3-5-15(13)17-11-12-6-8-14(17)10-12/h2-5,7,9,12,14H,6,8,10-11H2,1H3/b9-7+. The van der Waals surface area contributed by atoms with Gasteiger partial charge in [-0.1, -0.05) is 18.2 Å². The number of methoxy groups -OCH3 is 1. The molecule has 0 spiro atoms. The van der Waals surface area contributed by atoms with Crippen LogP contribution in [0.15, 0.2) is 30.3 Å². The molecular formula is C16H19NO2. The third-order valence-electron chi connectivity index (χ3n) is 4.26. The van der Waals surface area contributed by atoms with Gasteiger partial charge in [0.25, 0.3) is 0 Å². The van der Waals surface area contributed by atoms with E-state index in [1.807, 2.05) is 12.1 Å². The molecule has 1 heterocycles. The van der Waals surface area contributed by atoms with Gasteiger partial charge in [-0.2, -0.15) is 0 Å². The highest BCUT2D eigenvalue weighted by Crippen LogP contribution is 2.41. The van der Waals surface area contributed by atoms with Gasteiger partial charge in [-0.3, -0.25) is 0 Å². The number of esters is 1. The molecule has 1 aliphatic carbocycles. The van der Waals surface area contributed by atoms with Crippen molar-refractivity contribution < 1.29 is 9.53 Å². The summed E-state index contributed by atoms with van der Waals surface area (Å²) in [6.07, 6.45) is 7.36. The van der Waals surface area contributed by atoms with Gasteiger partial charge in [-0.25, -0.2) is 4.79 Å². The van der Waals surface area contributed by atoms with Crippen LogP contribution >= 0.6 is 0 Å². The van der Waals surface area contributed by atoms with Crippen molar-refractivity contribution in [2.45, 2.75) is 25.3 Å². The summed E-state index contributed by atoms with van der Waals surface area (Å²) in [6, 6.07) is 8.97. The van der Waals surface area contributed by atoms with Gasteiger partial charge in [-0.05, 0) is 42.9 Å². The van der Waals surface area contributed by atoms with Crippen molar-refractivity contribution in [3.63, 3.8) is 0 Å². The fourth-order valence-electron chi connectivity index (χ4n) is 3.34. The Hall–Kier alpha value is -1.77. The fourth-order valence-corrected chi connectivity index (χ4v) is 3.34. The van der Waals surface area contributed by atoms with Gasteiger partial charge < -0.3 is 9.64 Å². The van der Waals surface area contributed by atoms with Crippen LogP contribution in [-0.2, 0) is 9.53 Å². The number of carbonyl (C=O) groups excluding carboxylic acids is 1. The Balaban J connectivity index is 1.85. The Morgan fingerprint density at radius 2 is 2.21 bits per heavy atom. The number of hydrogen-bond acceptors (Lipinski definition) is 3. The van der Waals surface area contributed by atoms with E-state index in [2.05, 4.69) is 27.8 Å². The highest BCUT2D eigenvalue weighted by atomic mass is 16.5. The molecule has 1 aliphatic heterocycles. The minimum atomic E-state index is -0.308. The van der Waals surface area contributed by atoms with Crippen molar-refractivity contribution in [1.82, 2.24) is 0 Å². The van der Waals surface area contributed by atoms with Crippen molar-refractivity contribution in [2.75, 3.05) is 18.6 Å². The average Bonchev–Trinajstić information content (AvgIpc) is 3.07. The van der Waals surface area contributed by atoms with E-state index in [1.165, 1.54) is 38.1 Å². The van der Waals surface area contributed by atoms with Crippen LogP contribution in [0.1, 0.15) is 24.8 Å². The topological polar surface area (TPSA) is 29.5 Å². The molecular weight excluding hydrogens is 238 g/mol. The lowest BCUT2D eigenvalue weighted by Crippen LogP contribution is -2.32. The van der Waals surface area contributed by atoms with E-state index in [-0.39, 0.29) is 5.97 Å². The number of carbonyl (C=O) groups is 1. The largest absolute Gasteiger partial charge is 0.466 e. The van der Waals surface area contributed by atoms with Gasteiger partial charge in [0.1, 0.15) is 0 Å². The molecule has 2 atom stereocenters. The van der Waals surface area contributed by atoms with Crippen LogP contribution in [0.25, 0.3) is 6.08 Å². The second-order valence-electron chi connectivity index (χ2n) is 5.40. The minimum Gasteiger partial charge on any atom is -0.466 e. The van der Waals surface area contributed by atoms with E-state index in [9.17, 15) is 4.79 Å². The van der Waals surface area contributed by atoms with Crippen molar-refractivity contribution in [3.05, 3.63) is 35.9 Å². The van der Waals surface area contributed by atoms with Gasteiger partial charge >= 0.3 is 5.97 Å². The summed E-state index contributed by atoms with van der Waals surface area (Å²) < 4.78 is 4.65. The third kappa shape index (κ3) is 2.37. The van der Waals surface area contributed by atoms with Gasteiger partial charge in [0, 0.05) is 24.4 Å². The zero-order valence-corrected chi connectivity index (χ0v) is 11.2. The molecule has 0 aromatic heterocycles. The number of benzene rings is 1. The van der Waals surface area contributed by atoms with E-state index in [1.54, 1.807) is 0 Å². The first kappa shape index (κ1) is 12.3. The third-order valence-corrected chi connectivity index (χ3v) is 4.26. The lowest BCUT2D eigenvalue weighted by atomic mass is 10.1. The lowest BCUT2D eigenvalue weighted by Gasteiger charge is -2.30. The van der Waals surface area contributed by atoms with E-state index >= 15 is 0 Å². The van der Waals surface area contributed by atoms with Crippen molar-refractivity contribution in [3.8, 4) is 0 Å². The molecule has 3 rings (SSSR count). The molecule has 3 nitrogen and oxygen atoms in total. The Morgan fingerprint density at radius 1 is 1.37 bits per heavy atom. The molecule has 0 radical (unpaired) electrons. The van der Waals surface area contributed by atoms with E-state index in [0.717, 1.165) is 18.0 Å². The molecule has 2 fully saturated rings. The molecule has 0 N–H and O–H groups in total. The summed E-state index contributed by atoms with van der Waals surface area (Å²) in [5, 5.41) is 0. The molecule has 2 aliphatic rings. The fraction of sp³-hybridized carbons (Fsp3) is 0.438. The summed E-state index contributed by atoms with van der Waals surface area (Å²) >= 11 is 0. The summed E-state index contributed by atoms with van der Waals surface area (Å²) in [7, 11) is 1.40. The Kier molecular flexibility index (Phi) is 3.28. The van der Waals surface area contributed by atoms with Crippen LogP contribution in [-0.4, -0.2) is 25.7 Å². The molecule has 19 heavy (non-hydrogen) atoms. The first-order valence-electron chi connectivity index (χ1n) is 6.89. The molecule has 1 aromatic carbocycles. The van der Waals surface area contributed by atoms with Gasteiger partial charge in [0.2, 0.25) is 0 Å². The molecule has 3 heteroatoms. The second-order valence-corrected chi connectivity index (χ2v) is 5.40. The summed E-state index contributed by atoms with van der Waals surface area (Å²) in [5.41, 5.74) is 2.34. The SMILES string of the molecule is COC(=O)/C=C/c1ccccc1N1CC2CCC1C2. The Morgan fingerprint density at radius 3 is 2.89 bits per heavy atom. The molecule has 100 valence electrons. The van der Waals surface area contributed by atoms with Crippen LogP contribution in [0.5, 0.6) is 0 Å². The van der Waals surface area contributed by atoms with E-state index < -0.39 is 0 Å². The van der Waals surface area contributed by atoms with Gasteiger partial charge in [0.15, 0.2) is 0 Å². The van der Waals surface area contributed by atoms with Crippen LogP contribution in [0.3, 0.4) is 0 Å². The monoisotopic (exact) mass is 257 g/mol.